The van der Waals surface area contributed by atoms with Gasteiger partial charge in [-0.15, -0.1) is 0 Å². The van der Waals surface area contributed by atoms with E-state index in [0.717, 1.165) is 11.3 Å². The van der Waals surface area contributed by atoms with Crippen LogP contribution in [0.2, 0.25) is 0 Å². The van der Waals surface area contributed by atoms with Crippen LogP contribution in [0.3, 0.4) is 0 Å². The van der Waals surface area contributed by atoms with E-state index in [1.807, 2.05) is 24.3 Å². The van der Waals surface area contributed by atoms with Gasteiger partial charge in [-0.2, -0.15) is 0 Å². The number of Topliss-reactive ketones (excluding diaryl/α,β-unsaturated/α-hetero) is 1. The highest BCUT2D eigenvalue weighted by molar-refractivity contribution is 5.95. The molecular formula is C15H16O4. The molecule has 0 amide bonds. The molecule has 0 saturated carbocycles. The molecule has 0 heterocycles. The first-order valence-corrected chi connectivity index (χ1v) is 5.87. The first kappa shape index (κ1) is 14.8. The highest BCUT2D eigenvalue weighted by atomic mass is 16.5. The fourth-order valence-electron chi connectivity index (χ4n) is 1.36. The average Bonchev–Trinajstić information content (AvgIpc) is 2.44. The molecule has 4 nitrogen and oxygen atoms in total. The van der Waals surface area contributed by atoms with Gasteiger partial charge in [0.2, 0.25) is 0 Å². The van der Waals surface area contributed by atoms with Gasteiger partial charge in [-0.3, -0.25) is 9.59 Å². The normalized spacial score (nSPS) is 9.16. The molecule has 0 aromatic heterocycles. The Morgan fingerprint density at radius 3 is 2.42 bits per heavy atom. The van der Waals surface area contributed by atoms with Crippen LogP contribution in [0.15, 0.2) is 24.3 Å². The third kappa shape index (κ3) is 5.73. The van der Waals surface area contributed by atoms with Crippen LogP contribution in [-0.4, -0.2) is 26.0 Å². The molecule has 100 valence electrons. The lowest BCUT2D eigenvalue weighted by Gasteiger charge is -1.97. The van der Waals surface area contributed by atoms with Crippen LogP contribution < -0.4 is 4.74 Å². The second-order valence-electron chi connectivity index (χ2n) is 3.82. The molecule has 0 bridgehead atoms. The van der Waals surface area contributed by atoms with Crippen molar-refractivity contribution in [1.29, 1.82) is 0 Å². The van der Waals surface area contributed by atoms with Crippen LogP contribution in [-0.2, 0) is 14.3 Å². The number of benzene rings is 1. The second kappa shape index (κ2) is 7.93. The lowest BCUT2D eigenvalue weighted by Crippen LogP contribution is -2.08. The van der Waals surface area contributed by atoms with Crippen molar-refractivity contribution in [2.24, 2.45) is 0 Å². The fourth-order valence-corrected chi connectivity index (χ4v) is 1.36. The molecule has 19 heavy (non-hydrogen) atoms. The quantitative estimate of drug-likeness (QED) is 0.461. The maximum Gasteiger partial charge on any atom is 0.313 e. The van der Waals surface area contributed by atoms with Crippen LogP contribution >= 0.6 is 0 Å². The Hall–Kier alpha value is -2.28. The van der Waals surface area contributed by atoms with Crippen molar-refractivity contribution in [3.05, 3.63) is 29.8 Å². The van der Waals surface area contributed by atoms with Gasteiger partial charge in [0.25, 0.3) is 0 Å². The number of ketones is 1. The number of rotatable bonds is 5. The number of hydrogen-bond donors (Lipinski definition) is 0. The summed E-state index contributed by atoms with van der Waals surface area (Å²) in [4.78, 5) is 22.2. The lowest BCUT2D eigenvalue weighted by molar-refractivity contribution is -0.143. The Labute approximate surface area is 112 Å². The summed E-state index contributed by atoms with van der Waals surface area (Å²) in [7, 11) is 2.87. The Morgan fingerprint density at radius 1 is 1.16 bits per heavy atom. The summed E-state index contributed by atoms with van der Waals surface area (Å²) < 4.78 is 9.45. The summed E-state index contributed by atoms with van der Waals surface area (Å²) in [6.07, 6.45) is 0.515. The van der Waals surface area contributed by atoms with Crippen molar-refractivity contribution in [2.75, 3.05) is 14.2 Å². The largest absolute Gasteiger partial charge is 0.497 e. The van der Waals surface area contributed by atoms with Crippen LogP contribution in [0, 0.1) is 11.8 Å². The van der Waals surface area contributed by atoms with E-state index in [1.165, 1.54) is 7.11 Å². The van der Waals surface area contributed by atoms with Gasteiger partial charge in [0.15, 0.2) is 0 Å². The average molecular weight is 260 g/mol. The van der Waals surface area contributed by atoms with Crippen molar-refractivity contribution >= 4 is 11.8 Å². The minimum atomic E-state index is -0.506. The molecule has 4 heteroatoms. The highest BCUT2D eigenvalue weighted by Gasteiger charge is 2.07. The molecule has 0 spiro atoms. The van der Waals surface area contributed by atoms with E-state index in [2.05, 4.69) is 16.6 Å². The SMILES string of the molecule is COC(=O)CC(=O)CCC#Cc1ccc(OC)cc1. The molecule has 0 atom stereocenters. The topological polar surface area (TPSA) is 52.6 Å². The minimum Gasteiger partial charge on any atom is -0.497 e. The number of ether oxygens (including phenoxy) is 2. The molecule has 0 fully saturated rings. The van der Waals surface area contributed by atoms with E-state index in [4.69, 9.17) is 4.74 Å². The molecule has 0 saturated heterocycles. The molecule has 1 aromatic rings. The van der Waals surface area contributed by atoms with E-state index < -0.39 is 5.97 Å². The lowest BCUT2D eigenvalue weighted by atomic mass is 10.1. The van der Waals surface area contributed by atoms with Gasteiger partial charge in [-0.05, 0) is 24.3 Å². The van der Waals surface area contributed by atoms with Crippen LogP contribution in [0.5, 0.6) is 5.75 Å². The fraction of sp³-hybridized carbons (Fsp3) is 0.333. The third-order valence-corrected chi connectivity index (χ3v) is 2.42. The maximum absolute atomic E-state index is 11.3. The monoisotopic (exact) mass is 260 g/mol. The summed E-state index contributed by atoms with van der Waals surface area (Å²) in [6, 6.07) is 7.35. The Bertz CT molecular complexity index is 491. The smallest absolute Gasteiger partial charge is 0.313 e. The number of carbonyl (C=O) groups is 2. The maximum atomic E-state index is 11.3. The van der Waals surface area contributed by atoms with Gasteiger partial charge >= 0.3 is 5.97 Å². The van der Waals surface area contributed by atoms with Crippen LogP contribution in [0.25, 0.3) is 0 Å². The Morgan fingerprint density at radius 2 is 1.84 bits per heavy atom. The van der Waals surface area contributed by atoms with Crippen molar-refractivity contribution in [3.63, 3.8) is 0 Å². The van der Waals surface area contributed by atoms with Gasteiger partial charge < -0.3 is 9.47 Å². The minimum absolute atomic E-state index is 0.157. The summed E-state index contributed by atoms with van der Waals surface area (Å²) in [5.41, 5.74) is 0.862. The molecular weight excluding hydrogens is 244 g/mol. The van der Waals surface area contributed by atoms with Gasteiger partial charge in [-0.1, -0.05) is 11.8 Å². The zero-order valence-electron chi connectivity index (χ0n) is 11.1. The molecule has 0 aliphatic rings. The molecule has 1 aromatic carbocycles. The van der Waals surface area contributed by atoms with E-state index >= 15 is 0 Å². The zero-order chi connectivity index (χ0) is 14.1. The number of methoxy groups -OCH3 is 2. The van der Waals surface area contributed by atoms with Crippen molar-refractivity contribution in [1.82, 2.24) is 0 Å². The predicted octanol–water partition coefficient (Wildman–Crippen LogP) is 1.96. The summed E-state index contributed by atoms with van der Waals surface area (Å²) in [6.45, 7) is 0. The zero-order valence-corrected chi connectivity index (χ0v) is 11.1. The van der Waals surface area contributed by atoms with Crippen molar-refractivity contribution in [3.8, 4) is 17.6 Å². The molecule has 0 aliphatic heterocycles. The van der Waals surface area contributed by atoms with E-state index in [9.17, 15) is 9.59 Å². The van der Waals surface area contributed by atoms with E-state index in [0.29, 0.717) is 6.42 Å². The summed E-state index contributed by atoms with van der Waals surface area (Å²) >= 11 is 0. The van der Waals surface area contributed by atoms with Gasteiger partial charge in [0.05, 0.1) is 14.2 Å². The standard InChI is InChI=1S/C15H16O4/c1-18-14-9-7-12(8-10-14)5-3-4-6-13(16)11-15(17)19-2/h7-10H,4,6,11H2,1-2H3. The third-order valence-electron chi connectivity index (χ3n) is 2.42. The molecule has 0 radical (unpaired) electrons. The second-order valence-corrected chi connectivity index (χ2v) is 3.82. The molecule has 0 unspecified atom stereocenters. The Kier molecular flexibility index (Phi) is 6.17. The molecule has 1 rings (SSSR count). The number of carbonyl (C=O) groups excluding carboxylic acids is 2. The Balaban J connectivity index is 2.38. The van der Waals surface area contributed by atoms with Crippen molar-refractivity contribution < 1.29 is 19.1 Å². The van der Waals surface area contributed by atoms with Gasteiger partial charge in [0, 0.05) is 18.4 Å². The number of esters is 1. The summed E-state index contributed by atoms with van der Waals surface area (Å²) in [5.74, 6) is 5.96. The number of hydrogen-bond acceptors (Lipinski definition) is 4. The van der Waals surface area contributed by atoms with Gasteiger partial charge in [0.1, 0.15) is 18.0 Å². The van der Waals surface area contributed by atoms with Crippen molar-refractivity contribution in [2.45, 2.75) is 19.3 Å². The van der Waals surface area contributed by atoms with Crippen LogP contribution in [0.1, 0.15) is 24.8 Å². The summed E-state index contributed by atoms with van der Waals surface area (Å²) in [5, 5.41) is 0. The highest BCUT2D eigenvalue weighted by Crippen LogP contribution is 2.10. The van der Waals surface area contributed by atoms with Crippen LogP contribution in [0.4, 0.5) is 0 Å². The first-order chi connectivity index (χ1) is 9.15. The first-order valence-electron chi connectivity index (χ1n) is 5.87. The van der Waals surface area contributed by atoms with Gasteiger partial charge in [-0.25, -0.2) is 0 Å². The predicted molar refractivity (Wildman–Crippen MR) is 70.7 cm³/mol. The molecule has 0 N–H and O–H groups in total. The molecule has 0 aliphatic carbocycles. The van der Waals surface area contributed by atoms with E-state index in [1.54, 1.807) is 7.11 Å². The van der Waals surface area contributed by atoms with E-state index in [-0.39, 0.29) is 18.6 Å².